The fraction of sp³-hybridized carbons (Fsp3) is 0.536. The maximum atomic E-state index is 12.3. The third-order valence-electron chi connectivity index (χ3n) is 5.81. The number of nitrogens with zero attached hydrogens (tertiary/aromatic N) is 3. The summed E-state index contributed by atoms with van der Waals surface area (Å²) in [4.78, 5) is 44.7. The van der Waals surface area contributed by atoms with Crippen LogP contribution in [0.2, 0.25) is 0 Å². The standard InChI is InChI=1S/C20H33N5O4.C8H10O2/c1-13-16(22-11-15(21-5)19(27)29-20(2,3)4)23-12-24-17(13)25-9-7-14(8-10-25)18(26)28-6;1-3-5-8(4-2)6-10-7-9/h12,14-15,21H,7-11H2,1-6H3,(H,22,23,24);3-5,7H,1-2,6H2/b;8-5+. The number of allylic oxidation sites excluding steroid dienone is 2. The Balaban J connectivity index is 0.000000646. The van der Waals surface area contributed by atoms with Crippen LogP contribution in [-0.2, 0) is 28.6 Å². The van der Waals surface area contributed by atoms with Crippen LogP contribution in [0.1, 0.15) is 39.2 Å². The van der Waals surface area contributed by atoms with E-state index in [4.69, 9.17) is 9.47 Å². The lowest BCUT2D eigenvalue weighted by molar-refractivity contribution is -0.157. The molecule has 1 fully saturated rings. The van der Waals surface area contributed by atoms with Gasteiger partial charge in [-0.1, -0.05) is 31.4 Å². The van der Waals surface area contributed by atoms with Crippen molar-refractivity contribution in [2.75, 3.05) is 50.6 Å². The summed E-state index contributed by atoms with van der Waals surface area (Å²) in [7, 11) is 3.15. The second-order valence-electron chi connectivity index (χ2n) is 9.80. The van der Waals surface area contributed by atoms with Crippen LogP contribution in [0.5, 0.6) is 0 Å². The van der Waals surface area contributed by atoms with Crippen LogP contribution in [0.3, 0.4) is 0 Å². The van der Waals surface area contributed by atoms with Gasteiger partial charge in [-0.15, -0.1) is 0 Å². The molecular formula is C28H43N5O6. The van der Waals surface area contributed by atoms with Crippen LogP contribution in [0.4, 0.5) is 11.6 Å². The first-order valence-electron chi connectivity index (χ1n) is 12.8. The number of anilines is 2. The van der Waals surface area contributed by atoms with Gasteiger partial charge in [0.25, 0.3) is 6.47 Å². The monoisotopic (exact) mass is 545 g/mol. The fourth-order valence-corrected chi connectivity index (χ4v) is 3.76. The number of methoxy groups -OCH3 is 1. The highest BCUT2D eigenvalue weighted by molar-refractivity contribution is 5.77. The van der Waals surface area contributed by atoms with Crippen molar-refractivity contribution in [1.29, 1.82) is 0 Å². The van der Waals surface area contributed by atoms with Crippen molar-refractivity contribution in [3.63, 3.8) is 0 Å². The van der Waals surface area contributed by atoms with Crippen molar-refractivity contribution >= 4 is 30.0 Å². The molecule has 0 saturated carbocycles. The predicted octanol–water partition coefficient (Wildman–Crippen LogP) is 2.97. The van der Waals surface area contributed by atoms with E-state index in [1.54, 1.807) is 25.3 Å². The van der Waals surface area contributed by atoms with Crippen molar-refractivity contribution < 1.29 is 28.6 Å². The molecule has 39 heavy (non-hydrogen) atoms. The molecule has 0 amide bonds. The van der Waals surface area contributed by atoms with Crippen LogP contribution in [0.15, 0.2) is 43.3 Å². The summed E-state index contributed by atoms with van der Waals surface area (Å²) >= 11 is 0. The number of carbonyl (C=O) groups is 3. The Morgan fingerprint density at radius 2 is 1.90 bits per heavy atom. The average Bonchev–Trinajstić information content (AvgIpc) is 2.91. The lowest BCUT2D eigenvalue weighted by Gasteiger charge is -2.32. The summed E-state index contributed by atoms with van der Waals surface area (Å²) in [5, 5.41) is 6.21. The first-order chi connectivity index (χ1) is 18.5. The second-order valence-corrected chi connectivity index (χ2v) is 9.80. The highest BCUT2D eigenvalue weighted by atomic mass is 16.6. The molecule has 0 radical (unpaired) electrons. The van der Waals surface area contributed by atoms with Crippen molar-refractivity contribution in [3.05, 3.63) is 48.8 Å². The van der Waals surface area contributed by atoms with Crippen molar-refractivity contribution in [1.82, 2.24) is 15.3 Å². The van der Waals surface area contributed by atoms with E-state index in [0.717, 1.165) is 42.9 Å². The Morgan fingerprint density at radius 1 is 1.23 bits per heavy atom. The van der Waals surface area contributed by atoms with E-state index in [9.17, 15) is 14.4 Å². The average molecular weight is 546 g/mol. The summed E-state index contributed by atoms with van der Waals surface area (Å²) in [6.07, 6.45) is 7.95. The van der Waals surface area contributed by atoms with Gasteiger partial charge in [0.1, 0.15) is 36.2 Å². The van der Waals surface area contributed by atoms with Gasteiger partial charge in [-0.3, -0.25) is 14.4 Å². The van der Waals surface area contributed by atoms with E-state index < -0.39 is 11.6 Å². The molecule has 1 atom stereocenters. The van der Waals surface area contributed by atoms with Gasteiger partial charge in [0.2, 0.25) is 0 Å². The third-order valence-corrected chi connectivity index (χ3v) is 5.81. The molecule has 11 nitrogen and oxygen atoms in total. The van der Waals surface area contributed by atoms with E-state index in [-0.39, 0.29) is 24.5 Å². The molecule has 1 aromatic rings. The van der Waals surface area contributed by atoms with Crippen LogP contribution in [0, 0.1) is 12.8 Å². The number of nitrogens with one attached hydrogen (secondary N) is 2. The second kappa shape index (κ2) is 17.0. The van der Waals surface area contributed by atoms with Gasteiger partial charge in [0.15, 0.2) is 0 Å². The number of ether oxygens (including phenoxy) is 3. The predicted molar refractivity (Wildman–Crippen MR) is 151 cm³/mol. The molecule has 2 N–H and O–H groups in total. The number of esters is 2. The quantitative estimate of drug-likeness (QED) is 0.174. The lowest BCUT2D eigenvalue weighted by atomic mass is 9.97. The summed E-state index contributed by atoms with van der Waals surface area (Å²) in [6.45, 7) is 17.0. The molecule has 0 aliphatic carbocycles. The number of rotatable bonds is 12. The van der Waals surface area contributed by atoms with Gasteiger partial charge in [-0.25, -0.2) is 9.97 Å². The van der Waals surface area contributed by atoms with Gasteiger partial charge in [-0.05, 0) is 53.2 Å². The molecule has 11 heteroatoms. The topological polar surface area (TPSA) is 132 Å². The zero-order valence-corrected chi connectivity index (χ0v) is 24.0. The summed E-state index contributed by atoms with van der Waals surface area (Å²) in [5.74, 6) is 0.996. The largest absolute Gasteiger partial charge is 0.469 e. The SMILES string of the molecule is C=C/C=C(\C=C)COC=O.CNC(CNc1ncnc(N2CCC(C(=O)OC)CC2)c1C)C(=O)OC(C)(C)C. The Hall–Kier alpha value is -3.73. The normalized spacial score (nSPS) is 14.7. The molecule has 1 saturated heterocycles. The minimum absolute atomic E-state index is 0.0544. The van der Waals surface area contributed by atoms with Crippen molar-refractivity contribution in [2.45, 2.75) is 52.2 Å². The first-order valence-corrected chi connectivity index (χ1v) is 12.8. The Morgan fingerprint density at radius 3 is 2.41 bits per heavy atom. The molecule has 216 valence electrons. The molecule has 1 aliphatic rings. The van der Waals surface area contributed by atoms with Crippen LogP contribution < -0.4 is 15.5 Å². The number of carbonyl (C=O) groups excluding carboxylic acids is 3. The maximum absolute atomic E-state index is 12.3. The van der Waals surface area contributed by atoms with Gasteiger partial charge in [0, 0.05) is 25.2 Å². The molecule has 1 aliphatic heterocycles. The van der Waals surface area contributed by atoms with Crippen molar-refractivity contribution in [2.24, 2.45) is 5.92 Å². The number of piperidine rings is 1. The van der Waals surface area contributed by atoms with Gasteiger partial charge < -0.3 is 29.7 Å². The smallest absolute Gasteiger partial charge is 0.325 e. The molecular weight excluding hydrogens is 502 g/mol. The summed E-state index contributed by atoms with van der Waals surface area (Å²) < 4.78 is 14.8. The van der Waals surface area contributed by atoms with Gasteiger partial charge >= 0.3 is 11.9 Å². The van der Waals surface area contributed by atoms with Crippen molar-refractivity contribution in [3.8, 4) is 0 Å². The number of hydrogen-bond donors (Lipinski definition) is 2. The minimum atomic E-state index is -0.541. The molecule has 0 spiro atoms. The summed E-state index contributed by atoms with van der Waals surface area (Å²) in [6, 6.07) is -0.497. The highest BCUT2D eigenvalue weighted by Gasteiger charge is 2.28. The zero-order valence-electron chi connectivity index (χ0n) is 24.0. The lowest BCUT2D eigenvalue weighted by Crippen LogP contribution is -2.44. The van der Waals surface area contributed by atoms with E-state index >= 15 is 0 Å². The van der Waals surface area contributed by atoms with E-state index in [2.05, 4.69) is 43.4 Å². The molecule has 2 heterocycles. The minimum Gasteiger partial charge on any atom is -0.469 e. The molecule has 0 bridgehead atoms. The van der Waals surface area contributed by atoms with E-state index in [0.29, 0.717) is 18.8 Å². The van der Waals surface area contributed by atoms with Crippen LogP contribution >= 0.6 is 0 Å². The van der Waals surface area contributed by atoms with Crippen LogP contribution in [0.25, 0.3) is 0 Å². The fourth-order valence-electron chi connectivity index (χ4n) is 3.76. The maximum Gasteiger partial charge on any atom is 0.325 e. The number of aromatic nitrogens is 2. The van der Waals surface area contributed by atoms with E-state index in [1.807, 2.05) is 27.7 Å². The molecule has 1 aromatic heterocycles. The molecule has 1 unspecified atom stereocenters. The Labute approximate surface area is 231 Å². The molecule has 0 aromatic carbocycles. The van der Waals surface area contributed by atoms with Gasteiger partial charge in [-0.2, -0.15) is 0 Å². The number of hydrogen-bond acceptors (Lipinski definition) is 11. The van der Waals surface area contributed by atoms with Crippen LogP contribution in [-0.4, -0.2) is 80.4 Å². The number of likely N-dealkylation sites (N-methyl/N-ethyl adjacent to an activating group) is 1. The van der Waals surface area contributed by atoms with E-state index in [1.165, 1.54) is 13.4 Å². The Kier molecular flexibility index (Phi) is 14.5. The Bertz CT molecular complexity index is 997. The molecule has 2 rings (SSSR count). The van der Waals surface area contributed by atoms with Gasteiger partial charge in [0.05, 0.1) is 13.0 Å². The third kappa shape index (κ3) is 11.7. The first kappa shape index (κ1) is 33.3. The highest BCUT2D eigenvalue weighted by Crippen LogP contribution is 2.27. The zero-order chi connectivity index (χ0) is 29.4. The summed E-state index contributed by atoms with van der Waals surface area (Å²) in [5.41, 5.74) is 1.20.